The van der Waals surface area contributed by atoms with E-state index >= 15 is 0 Å². The van der Waals surface area contributed by atoms with Gasteiger partial charge in [-0.15, -0.1) is 0 Å². The first-order valence-corrected chi connectivity index (χ1v) is 6.19. The van der Waals surface area contributed by atoms with E-state index in [0.29, 0.717) is 0 Å². The molecule has 3 N–H and O–H groups in total. The maximum atomic E-state index is 6.04. The Bertz CT molecular complexity index is 201. The van der Waals surface area contributed by atoms with Crippen LogP contribution in [0.25, 0.3) is 0 Å². The molecule has 4 nitrogen and oxygen atoms in total. The molecule has 3 atom stereocenters. The fourth-order valence-electron chi connectivity index (χ4n) is 2.02. The number of nitrogens with one attached hydrogen (secondary N) is 1. The van der Waals surface area contributed by atoms with Gasteiger partial charge in [0.1, 0.15) is 0 Å². The van der Waals surface area contributed by atoms with Gasteiger partial charge in [0.05, 0.1) is 6.10 Å². The molecule has 1 aliphatic heterocycles. The minimum atomic E-state index is 0.0961. The largest absolute Gasteiger partial charge is 0.385 e. The van der Waals surface area contributed by atoms with Crippen molar-refractivity contribution in [2.45, 2.75) is 50.8 Å². The highest BCUT2D eigenvalue weighted by Crippen LogP contribution is 2.24. The first-order chi connectivity index (χ1) is 7.58. The summed E-state index contributed by atoms with van der Waals surface area (Å²) in [5.41, 5.74) is 6.13. The van der Waals surface area contributed by atoms with Gasteiger partial charge in [0.15, 0.2) is 0 Å². The van der Waals surface area contributed by atoms with Crippen molar-refractivity contribution >= 4 is 0 Å². The quantitative estimate of drug-likeness (QED) is 0.638. The van der Waals surface area contributed by atoms with Crippen LogP contribution < -0.4 is 11.1 Å². The fourth-order valence-corrected chi connectivity index (χ4v) is 2.02. The molecule has 0 aromatic carbocycles. The summed E-state index contributed by atoms with van der Waals surface area (Å²) in [7, 11) is 1.72. The number of ether oxygens (including phenoxy) is 2. The molecule has 0 aromatic rings. The van der Waals surface area contributed by atoms with E-state index in [9.17, 15) is 0 Å². The molecule has 3 unspecified atom stereocenters. The van der Waals surface area contributed by atoms with E-state index in [1.807, 2.05) is 0 Å². The second kappa shape index (κ2) is 6.55. The molecule has 1 heterocycles. The number of nitrogens with two attached hydrogens (primary N) is 1. The maximum absolute atomic E-state index is 6.04. The SMILES string of the molecule is COCCCC(N)CNC1(C)CCOC1C. The lowest BCUT2D eigenvalue weighted by molar-refractivity contribution is 0.0880. The van der Waals surface area contributed by atoms with E-state index in [1.165, 1.54) is 0 Å². The molecule has 0 radical (unpaired) electrons. The first-order valence-electron chi connectivity index (χ1n) is 6.19. The summed E-state index contributed by atoms with van der Waals surface area (Å²) in [6, 6.07) is 0.208. The van der Waals surface area contributed by atoms with Crippen LogP contribution in [0.1, 0.15) is 33.1 Å². The molecule has 0 aliphatic carbocycles. The zero-order valence-electron chi connectivity index (χ0n) is 10.8. The molecule has 0 bridgehead atoms. The Hall–Kier alpha value is -0.160. The van der Waals surface area contributed by atoms with Crippen LogP contribution in [0.5, 0.6) is 0 Å². The molecular formula is C12H26N2O2. The van der Waals surface area contributed by atoms with Gasteiger partial charge in [0.25, 0.3) is 0 Å². The second-order valence-electron chi connectivity index (χ2n) is 4.96. The fraction of sp³-hybridized carbons (Fsp3) is 1.00. The third-order valence-corrected chi connectivity index (χ3v) is 3.58. The van der Waals surface area contributed by atoms with E-state index in [4.69, 9.17) is 15.2 Å². The summed E-state index contributed by atoms with van der Waals surface area (Å²) in [5.74, 6) is 0. The number of hydrogen-bond acceptors (Lipinski definition) is 4. The Morgan fingerprint density at radius 2 is 2.38 bits per heavy atom. The molecule has 1 aliphatic rings. The summed E-state index contributed by atoms with van der Waals surface area (Å²) in [6.07, 6.45) is 3.38. The zero-order chi connectivity index (χ0) is 12.0. The maximum Gasteiger partial charge on any atom is 0.0726 e. The van der Waals surface area contributed by atoms with Crippen LogP contribution in [-0.2, 0) is 9.47 Å². The van der Waals surface area contributed by atoms with Crippen molar-refractivity contribution in [1.82, 2.24) is 5.32 Å². The van der Waals surface area contributed by atoms with Crippen LogP contribution in [0, 0.1) is 0 Å². The molecule has 0 saturated carbocycles. The average molecular weight is 230 g/mol. The first kappa shape index (κ1) is 13.9. The van der Waals surface area contributed by atoms with Crippen molar-refractivity contribution in [3.05, 3.63) is 0 Å². The van der Waals surface area contributed by atoms with Gasteiger partial charge >= 0.3 is 0 Å². The molecule has 4 heteroatoms. The summed E-state index contributed by atoms with van der Waals surface area (Å²) < 4.78 is 10.6. The highest BCUT2D eigenvalue weighted by molar-refractivity contribution is 4.94. The molecule has 0 amide bonds. The second-order valence-corrected chi connectivity index (χ2v) is 4.96. The smallest absolute Gasteiger partial charge is 0.0726 e. The third-order valence-electron chi connectivity index (χ3n) is 3.58. The van der Waals surface area contributed by atoms with Gasteiger partial charge in [-0.3, -0.25) is 0 Å². The predicted octanol–water partition coefficient (Wildman–Crippen LogP) is 0.897. The van der Waals surface area contributed by atoms with Crippen molar-refractivity contribution in [2.24, 2.45) is 5.73 Å². The molecule has 16 heavy (non-hydrogen) atoms. The van der Waals surface area contributed by atoms with Crippen LogP contribution in [0.15, 0.2) is 0 Å². The van der Waals surface area contributed by atoms with Crippen molar-refractivity contribution in [2.75, 3.05) is 26.9 Å². The minimum Gasteiger partial charge on any atom is -0.385 e. The van der Waals surface area contributed by atoms with Gasteiger partial charge in [0, 0.05) is 38.4 Å². The van der Waals surface area contributed by atoms with Crippen molar-refractivity contribution < 1.29 is 9.47 Å². The van der Waals surface area contributed by atoms with Gasteiger partial charge in [-0.1, -0.05) is 0 Å². The lowest BCUT2D eigenvalue weighted by Gasteiger charge is -2.30. The molecule has 1 rings (SSSR count). The Balaban J connectivity index is 2.17. The lowest BCUT2D eigenvalue weighted by atomic mass is 9.94. The highest BCUT2D eigenvalue weighted by atomic mass is 16.5. The highest BCUT2D eigenvalue weighted by Gasteiger charge is 2.36. The molecule has 96 valence electrons. The lowest BCUT2D eigenvalue weighted by Crippen LogP contribution is -2.51. The van der Waals surface area contributed by atoms with Crippen LogP contribution in [-0.4, -0.2) is 44.6 Å². The number of hydrogen-bond donors (Lipinski definition) is 2. The van der Waals surface area contributed by atoms with Crippen molar-refractivity contribution in [3.63, 3.8) is 0 Å². The number of rotatable bonds is 7. The van der Waals surface area contributed by atoms with E-state index in [0.717, 1.165) is 39.0 Å². The third kappa shape index (κ3) is 4.01. The van der Waals surface area contributed by atoms with Gasteiger partial charge in [-0.2, -0.15) is 0 Å². The normalized spacial score (nSPS) is 31.9. The standard InChI is InChI=1S/C12H26N2O2/c1-10-12(2,6-8-16-10)14-9-11(13)5-4-7-15-3/h10-11,14H,4-9,13H2,1-3H3. The Labute approximate surface area is 98.9 Å². The van der Waals surface area contributed by atoms with E-state index in [-0.39, 0.29) is 17.7 Å². The van der Waals surface area contributed by atoms with E-state index < -0.39 is 0 Å². The summed E-state index contributed by atoms with van der Waals surface area (Å²) in [6.45, 7) is 6.84. The van der Waals surface area contributed by atoms with E-state index in [2.05, 4.69) is 19.2 Å². The molecule has 0 aromatic heterocycles. The van der Waals surface area contributed by atoms with Crippen LogP contribution >= 0.6 is 0 Å². The van der Waals surface area contributed by atoms with Crippen LogP contribution in [0.4, 0.5) is 0 Å². The van der Waals surface area contributed by atoms with Gasteiger partial charge in [-0.05, 0) is 33.1 Å². The van der Waals surface area contributed by atoms with Crippen molar-refractivity contribution in [1.29, 1.82) is 0 Å². The molecule has 0 spiro atoms. The van der Waals surface area contributed by atoms with Gasteiger partial charge < -0.3 is 20.5 Å². The van der Waals surface area contributed by atoms with Gasteiger partial charge in [-0.25, -0.2) is 0 Å². The van der Waals surface area contributed by atoms with Crippen LogP contribution in [0.3, 0.4) is 0 Å². The molecule has 1 saturated heterocycles. The summed E-state index contributed by atoms with van der Waals surface area (Å²) in [4.78, 5) is 0. The Kier molecular flexibility index (Phi) is 5.69. The Morgan fingerprint density at radius 1 is 1.62 bits per heavy atom. The van der Waals surface area contributed by atoms with E-state index in [1.54, 1.807) is 7.11 Å². The monoisotopic (exact) mass is 230 g/mol. The topological polar surface area (TPSA) is 56.5 Å². The summed E-state index contributed by atoms with van der Waals surface area (Å²) >= 11 is 0. The average Bonchev–Trinajstić information content (AvgIpc) is 2.58. The Morgan fingerprint density at radius 3 is 2.94 bits per heavy atom. The van der Waals surface area contributed by atoms with Gasteiger partial charge in [0.2, 0.25) is 0 Å². The van der Waals surface area contributed by atoms with Crippen LogP contribution in [0.2, 0.25) is 0 Å². The van der Waals surface area contributed by atoms with Crippen molar-refractivity contribution in [3.8, 4) is 0 Å². The number of methoxy groups -OCH3 is 1. The molecule has 1 fully saturated rings. The summed E-state index contributed by atoms with van der Waals surface area (Å²) in [5, 5.41) is 3.54. The molecular weight excluding hydrogens is 204 g/mol. The minimum absolute atomic E-state index is 0.0961. The zero-order valence-corrected chi connectivity index (χ0v) is 10.8. The predicted molar refractivity (Wildman–Crippen MR) is 65.5 cm³/mol.